The predicted molar refractivity (Wildman–Crippen MR) is 134 cm³/mol. The average molecular weight is 509 g/mol. The molecule has 204 valence electrons. The lowest BCUT2D eigenvalue weighted by atomic mass is 9.89. The van der Waals surface area contributed by atoms with Gasteiger partial charge in [-0.3, -0.25) is 14.4 Å². The van der Waals surface area contributed by atoms with Crippen LogP contribution in [0, 0.1) is 17.8 Å². The Balaban J connectivity index is 1.50. The van der Waals surface area contributed by atoms with E-state index >= 15 is 0 Å². The maximum atomic E-state index is 13.0. The van der Waals surface area contributed by atoms with Crippen LogP contribution in [0.2, 0.25) is 0 Å². The first-order valence-corrected chi connectivity index (χ1v) is 13.7. The van der Waals surface area contributed by atoms with E-state index in [0.717, 1.165) is 19.4 Å². The predicted octanol–water partition coefficient (Wildman–Crippen LogP) is 1.70. The van der Waals surface area contributed by atoms with Crippen molar-refractivity contribution in [2.24, 2.45) is 17.8 Å². The number of rotatable bonds is 12. The number of ether oxygens (including phenoxy) is 1. The van der Waals surface area contributed by atoms with E-state index in [-0.39, 0.29) is 42.9 Å². The summed E-state index contributed by atoms with van der Waals surface area (Å²) in [7, 11) is 0. The van der Waals surface area contributed by atoms with Crippen molar-refractivity contribution in [3.05, 3.63) is 0 Å². The summed E-state index contributed by atoms with van der Waals surface area (Å²) in [4.78, 5) is 51.8. The molecule has 1 saturated carbocycles. The topological polar surface area (TPSA) is 137 Å². The summed E-state index contributed by atoms with van der Waals surface area (Å²) >= 11 is 0. The molecule has 0 aromatic carbocycles. The van der Waals surface area contributed by atoms with Crippen molar-refractivity contribution in [3.8, 4) is 0 Å². The Morgan fingerprint density at radius 1 is 1.11 bits per heavy atom. The van der Waals surface area contributed by atoms with Crippen molar-refractivity contribution in [1.29, 1.82) is 0 Å². The molecule has 2 aliphatic heterocycles. The molecule has 2 saturated heterocycles. The number of aliphatic hydroxyl groups excluding tert-OH is 1. The van der Waals surface area contributed by atoms with Gasteiger partial charge in [-0.25, -0.2) is 4.79 Å². The zero-order valence-electron chi connectivity index (χ0n) is 21.8. The van der Waals surface area contributed by atoms with Crippen LogP contribution >= 0.6 is 0 Å². The number of likely N-dealkylation sites (tertiary alicyclic amines) is 1. The van der Waals surface area contributed by atoms with E-state index in [4.69, 9.17) is 4.74 Å². The van der Waals surface area contributed by atoms with Crippen LogP contribution < -0.4 is 16.0 Å². The number of hydrogen-bond acceptors (Lipinski definition) is 6. The molecular formula is C26H44N4O6. The molecule has 2 heterocycles. The molecule has 3 rings (SSSR count). The molecule has 4 atom stereocenters. The Morgan fingerprint density at radius 3 is 2.50 bits per heavy atom. The summed E-state index contributed by atoms with van der Waals surface area (Å²) in [6.45, 7) is 5.05. The van der Waals surface area contributed by atoms with Gasteiger partial charge in [0.15, 0.2) is 0 Å². The number of nitrogens with one attached hydrogen (secondary N) is 3. The Morgan fingerprint density at radius 2 is 1.86 bits per heavy atom. The van der Waals surface area contributed by atoms with Crippen LogP contribution in [0.1, 0.15) is 78.1 Å². The van der Waals surface area contributed by atoms with Gasteiger partial charge in [-0.05, 0) is 50.4 Å². The van der Waals surface area contributed by atoms with E-state index in [0.29, 0.717) is 44.6 Å². The molecule has 3 fully saturated rings. The molecule has 4 N–H and O–H groups in total. The number of hydrogen-bond donors (Lipinski definition) is 4. The van der Waals surface area contributed by atoms with E-state index in [9.17, 15) is 24.3 Å². The third-order valence-electron chi connectivity index (χ3n) is 7.65. The van der Waals surface area contributed by atoms with E-state index in [1.807, 2.05) is 18.7 Å². The second-order valence-corrected chi connectivity index (χ2v) is 11.1. The molecule has 0 spiro atoms. The first-order chi connectivity index (χ1) is 17.3. The lowest BCUT2D eigenvalue weighted by molar-refractivity contribution is -0.130. The number of carbonyl (C=O) groups is 4. The monoisotopic (exact) mass is 508 g/mol. The van der Waals surface area contributed by atoms with Crippen LogP contribution in [0.5, 0.6) is 0 Å². The summed E-state index contributed by atoms with van der Waals surface area (Å²) in [5.74, 6) is 0.0602. The highest BCUT2D eigenvalue weighted by Crippen LogP contribution is 2.28. The van der Waals surface area contributed by atoms with Crippen LogP contribution in [0.4, 0.5) is 4.79 Å². The first kappa shape index (κ1) is 28.2. The fraction of sp³-hybridized carbons (Fsp3) is 0.846. The fourth-order valence-corrected chi connectivity index (χ4v) is 5.62. The highest BCUT2D eigenvalue weighted by molar-refractivity contribution is 5.86. The standard InChI is InChI=1S/C26H44N4O6/c1-17(2)12-22(25(34)28-20(15-31)13-19-10-11-27-24(19)33)29-26(35)36-16-21-8-9-23(32)30(21)14-18-6-4-3-5-7-18/h17-22,31H,3-16H2,1-2H3,(H,27,33)(H,28,34)(H,29,35)/t19-,20-,21-,22-/m0/s1. The molecule has 0 bridgehead atoms. The highest BCUT2D eigenvalue weighted by atomic mass is 16.5. The summed E-state index contributed by atoms with van der Waals surface area (Å²) in [6.07, 6.45) is 7.84. The van der Waals surface area contributed by atoms with Gasteiger partial charge in [-0.2, -0.15) is 0 Å². The van der Waals surface area contributed by atoms with Gasteiger partial charge in [0.1, 0.15) is 12.6 Å². The van der Waals surface area contributed by atoms with Crippen LogP contribution in [-0.4, -0.2) is 78.3 Å². The fourth-order valence-electron chi connectivity index (χ4n) is 5.62. The van der Waals surface area contributed by atoms with E-state index < -0.39 is 24.1 Å². The molecule has 10 heteroatoms. The van der Waals surface area contributed by atoms with Crippen molar-refractivity contribution in [3.63, 3.8) is 0 Å². The van der Waals surface area contributed by atoms with Crippen LogP contribution in [0.3, 0.4) is 0 Å². The molecule has 0 aromatic rings. The minimum Gasteiger partial charge on any atom is -0.447 e. The van der Waals surface area contributed by atoms with Gasteiger partial charge in [0.2, 0.25) is 17.7 Å². The molecule has 0 radical (unpaired) electrons. The number of amides is 4. The van der Waals surface area contributed by atoms with Gasteiger partial charge < -0.3 is 30.7 Å². The zero-order chi connectivity index (χ0) is 26.1. The van der Waals surface area contributed by atoms with E-state index in [1.54, 1.807) is 0 Å². The van der Waals surface area contributed by atoms with Gasteiger partial charge in [0.05, 0.1) is 18.7 Å². The quantitative estimate of drug-likeness (QED) is 0.317. The van der Waals surface area contributed by atoms with E-state index in [2.05, 4.69) is 16.0 Å². The Labute approximate surface area is 214 Å². The van der Waals surface area contributed by atoms with Crippen LogP contribution in [-0.2, 0) is 19.1 Å². The Bertz CT molecular complexity index is 770. The molecular weight excluding hydrogens is 464 g/mol. The minimum absolute atomic E-state index is 0.0638. The summed E-state index contributed by atoms with van der Waals surface area (Å²) in [5, 5.41) is 18.0. The molecule has 4 amide bonds. The molecule has 0 unspecified atom stereocenters. The molecule has 1 aliphatic carbocycles. The van der Waals surface area contributed by atoms with Crippen molar-refractivity contribution in [2.75, 3.05) is 26.3 Å². The first-order valence-electron chi connectivity index (χ1n) is 13.7. The highest BCUT2D eigenvalue weighted by Gasteiger charge is 2.34. The molecule has 3 aliphatic rings. The van der Waals surface area contributed by atoms with Crippen molar-refractivity contribution in [2.45, 2.75) is 96.2 Å². The van der Waals surface area contributed by atoms with E-state index in [1.165, 1.54) is 19.3 Å². The van der Waals surface area contributed by atoms with Crippen molar-refractivity contribution < 1.29 is 29.0 Å². The number of aliphatic hydroxyl groups is 1. The SMILES string of the molecule is CC(C)C[C@H](NC(=O)OC[C@@H]1CCC(=O)N1CC1CCCCC1)C(=O)N[C@H](CO)C[C@@H]1CCNC1=O. The maximum absolute atomic E-state index is 13.0. The number of alkyl carbamates (subject to hydrolysis) is 1. The van der Waals surface area contributed by atoms with Crippen LogP contribution in [0.15, 0.2) is 0 Å². The Hall–Kier alpha value is -2.36. The maximum Gasteiger partial charge on any atom is 0.407 e. The summed E-state index contributed by atoms with van der Waals surface area (Å²) in [5.41, 5.74) is 0. The molecule has 0 aromatic heterocycles. The van der Waals surface area contributed by atoms with Gasteiger partial charge >= 0.3 is 6.09 Å². The van der Waals surface area contributed by atoms with Crippen molar-refractivity contribution >= 4 is 23.8 Å². The van der Waals surface area contributed by atoms with Gasteiger partial charge in [-0.1, -0.05) is 33.1 Å². The average Bonchev–Trinajstić information content (AvgIpc) is 3.41. The second-order valence-electron chi connectivity index (χ2n) is 11.1. The summed E-state index contributed by atoms with van der Waals surface area (Å²) in [6, 6.07) is -1.52. The van der Waals surface area contributed by atoms with Gasteiger partial charge in [-0.15, -0.1) is 0 Å². The minimum atomic E-state index is -0.826. The van der Waals surface area contributed by atoms with Gasteiger partial charge in [0.25, 0.3) is 0 Å². The van der Waals surface area contributed by atoms with Crippen molar-refractivity contribution in [1.82, 2.24) is 20.9 Å². The third kappa shape index (κ3) is 8.35. The number of carbonyl (C=O) groups excluding carboxylic acids is 4. The second kappa shape index (κ2) is 13.8. The van der Waals surface area contributed by atoms with Gasteiger partial charge in [0, 0.05) is 25.4 Å². The lowest BCUT2D eigenvalue weighted by Crippen LogP contribution is -2.52. The molecule has 10 nitrogen and oxygen atoms in total. The normalized spacial score (nSPS) is 24.5. The largest absolute Gasteiger partial charge is 0.447 e. The zero-order valence-corrected chi connectivity index (χ0v) is 21.8. The Kier molecular flexibility index (Phi) is 10.8. The lowest BCUT2D eigenvalue weighted by Gasteiger charge is -2.31. The summed E-state index contributed by atoms with van der Waals surface area (Å²) < 4.78 is 5.48. The third-order valence-corrected chi connectivity index (χ3v) is 7.65. The molecule has 36 heavy (non-hydrogen) atoms. The number of nitrogens with zero attached hydrogens (tertiary/aromatic N) is 1. The smallest absolute Gasteiger partial charge is 0.407 e. The van der Waals surface area contributed by atoms with Crippen LogP contribution in [0.25, 0.3) is 0 Å².